The second kappa shape index (κ2) is 3.99. The summed E-state index contributed by atoms with van der Waals surface area (Å²) in [6.45, 7) is 0. The molecule has 5 nitrogen and oxygen atoms in total. The number of guanidine groups is 1. The third kappa shape index (κ3) is 3.06. The second-order valence-corrected chi connectivity index (χ2v) is 2.62. The van der Waals surface area contributed by atoms with Crippen LogP contribution in [0.4, 0.5) is 10.1 Å². The average Bonchev–Trinajstić information content (AvgIpc) is 2.13. The molecule has 1 aromatic heterocycles. The molecule has 11 heavy (non-hydrogen) atoms. The largest absolute Gasteiger partial charge is 0.389 e. The summed E-state index contributed by atoms with van der Waals surface area (Å²) in [6, 6.07) is 0. The Balaban J connectivity index is 0.000001000. The molecule has 1 rings (SSSR count). The molecule has 0 bridgehead atoms. The van der Waals surface area contributed by atoms with Crippen LogP contribution in [0.1, 0.15) is 0 Å². The molecule has 0 radical (unpaired) electrons. The summed E-state index contributed by atoms with van der Waals surface area (Å²) in [5.41, 5.74) is 15.5. The number of aromatic nitrogens is 1. The van der Waals surface area contributed by atoms with Gasteiger partial charge in [-0.1, -0.05) is 11.3 Å². The minimum atomic E-state index is -0.00523. The molecule has 0 aliphatic carbocycles. The molecule has 62 valence electrons. The summed E-state index contributed by atoms with van der Waals surface area (Å²) in [5, 5.41) is 1.08. The molecule has 0 atom stereocenters. The number of anilines is 1. The van der Waals surface area contributed by atoms with Gasteiger partial charge in [-0.25, -0.2) is 4.98 Å². The van der Waals surface area contributed by atoms with E-state index in [4.69, 9.17) is 17.2 Å². The number of nitrogens with zero attached hydrogens (tertiary/aromatic N) is 2. The third-order valence-corrected chi connectivity index (χ3v) is 1.46. The number of nitrogens with two attached hydrogens (primary N) is 3. The van der Waals surface area contributed by atoms with E-state index in [0.29, 0.717) is 10.1 Å². The Kier molecular flexibility index (Phi) is 3.63. The van der Waals surface area contributed by atoms with Crippen molar-refractivity contribution in [3.8, 4) is 0 Å². The first-order valence-corrected chi connectivity index (χ1v) is 3.31. The SMILES string of the molecule is Cl.NC(N)=Nc1ncc(N)s1. The Hall–Kier alpha value is -1.01. The third-order valence-electron chi connectivity index (χ3n) is 0.736. The standard InChI is InChI=1S/C4H7N5S.ClH/c5-2-1-8-4(10-2)9-3(6)7;/h1H,5H2,(H4,6,7,8,9);1H. The zero-order valence-corrected chi connectivity index (χ0v) is 7.15. The fourth-order valence-corrected chi connectivity index (χ4v) is 1.01. The lowest BCUT2D eigenvalue weighted by atomic mass is 10.9. The van der Waals surface area contributed by atoms with E-state index in [0.717, 1.165) is 0 Å². The molecule has 0 unspecified atom stereocenters. The molecule has 0 amide bonds. The highest BCUT2D eigenvalue weighted by Gasteiger charge is 1.94. The fraction of sp³-hybridized carbons (Fsp3) is 0. The topological polar surface area (TPSA) is 103 Å². The Morgan fingerprint density at radius 3 is 2.55 bits per heavy atom. The number of hydrogen-bond acceptors (Lipinski definition) is 4. The number of aliphatic imine (C=N–C) groups is 1. The van der Waals surface area contributed by atoms with Gasteiger partial charge in [0.05, 0.1) is 6.20 Å². The van der Waals surface area contributed by atoms with Crippen LogP contribution < -0.4 is 17.2 Å². The predicted molar refractivity (Wildman–Crippen MR) is 49.2 cm³/mol. The van der Waals surface area contributed by atoms with Crippen molar-refractivity contribution in [2.24, 2.45) is 16.5 Å². The monoisotopic (exact) mass is 193 g/mol. The number of thiazole rings is 1. The maximum absolute atomic E-state index is 5.36. The van der Waals surface area contributed by atoms with E-state index in [1.165, 1.54) is 17.5 Å². The lowest BCUT2D eigenvalue weighted by Gasteiger charge is -1.84. The Bertz CT molecular complexity index is 253. The predicted octanol–water partition coefficient (Wildman–Crippen LogP) is 0.0520. The van der Waals surface area contributed by atoms with Gasteiger partial charge in [-0.05, 0) is 0 Å². The van der Waals surface area contributed by atoms with Gasteiger partial charge in [-0.2, -0.15) is 4.99 Å². The first-order chi connectivity index (χ1) is 4.68. The van der Waals surface area contributed by atoms with Gasteiger partial charge in [0.15, 0.2) is 5.96 Å². The highest BCUT2D eigenvalue weighted by atomic mass is 35.5. The van der Waals surface area contributed by atoms with Gasteiger partial charge in [0.2, 0.25) is 5.13 Å². The quantitative estimate of drug-likeness (QED) is 0.433. The van der Waals surface area contributed by atoms with Gasteiger partial charge in [0.25, 0.3) is 0 Å². The van der Waals surface area contributed by atoms with Crippen molar-refractivity contribution in [3.05, 3.63) is 6.20 Å². The molecule has 7 heteroatoms. The Labute approximate surface area is 73.7 Å². The van der Waals surface area contributed by atoms with Crippen LogP contribution in [0.3, 0.4) is 0 Å². The van der Waals surface area contributed by atoms with Crippen LogP contribution in [-0.2, 0) is 0 Å². The molecular formula is C4H8ClN5S. The first-order valence-electron chi connectivity index (χ1n) is 2.49. The smallest absolute Gasteiger partial charge is 0.214 e. The van der Waals surface area contributed by atoms with E-state index in [1.54, 1.807) is 0 Å². The van der Waals surface area contributed by atoms with Crippen LogP contribution in [-0.4, -0.2) is 10.9 Å². The molecule has 1 heterocycles. The van der Waals surface area contributed by atoms with E-state index in [1.807, 2.05) is 0 Å². The minimum Gasteiger partial charge on any atom is -0.389 e. The maximum atomic E-state index is 5.36. The van der Waals surface area contributed by atoms with E-state index in [9.17, 15) is 0 Å². The number of hydrogen-bond donors (Lipinski definition) is 3. The van der Waals surface area contributed by atoms with Gasteiger partial charge in [0, 0.05) is 0 Å². The lowest BCUT2D eigenvalue weighted by Crippen LogP contribution is -2.21. The molecule has 0 aliphatic rings. The minimum absolute atomic E-state index is 0. The van der Waals surface area contributed by atoms with Crippen molar-refractivity contribution < 1.29 is 0 Å². The van der Waals surface area contributed by atoms with Crippen molar-refractivity contribution in [2.45, 2.75) is 0 Å². The van der Waals surface area contributed by atoms with Crippen LogP contribution in [0.2, 0.25) is 0 Å². The number of halogens is 1. The first kappa shape index (κ1) is 9.99. The molecule has 1 aromatic rings. The summed E-state index contributed by atoms with van der Waals surface area (Å²) >= 11 is 1.24. The highest BCUT2D eigenvalue weighted by Crippen LogP contribution is 2.21. The van der Waals surface area contributed by atoms with Crippen LogP contribution in [0.5, 0.6) is 0 Å². The Morgan fingerprint density at radius 1 is 1.55 bits per heavy atom. The van der Waals surface area contributed by atoms with Crippen molar-refractivity contribution in [1.29, 1.82) is 0 Å². The number of rotatable bonds is 1. The molecule has 6 N–H and O–H groups in total. The summed E-state index contributed by atoms with van der Waals surface area (Å²) in [4.78, 5) is 7.48. The lowest BCUT2D eigenvalue weighted by molar-refractivity contribution is 1.33. The van der Waals surface area contributed by atoms with E-state index >= 15 is 0 Å². The van der Waals surface area contributed by atoms with Gasteiger partial charge in [-0.3, -0.25) is 0 Å². The zero-order chi connectivity index (χ0) is 7.56. The van der Waals surface area contributed by atoms with Crippen LogP contribution >= 0.6 is 23.7 Å². The summed E-state index contributed by atoms with van der Waals surface area (Å²) < 4.78 is 0. The van der Waals surface area contributed by atoms with Crippen LogP contribution in [0.15, 0.2) is 11.2 Å². The molecule has 0 saturated carbocycles. The molecule has 0 aromatic carbocycles. The maximum Gasteiger partial charge on any atom is 0.214 e. The van der Waals surface area contributed by atoms with Crippen LogP contribution in [0.25, 0.3) is 0 Å². The van der Waals surface area contributed by atoms with Gasteiger partial charge in [-0.15, -0.1) is 12.4 Å². The van der Waals surface area contributed by atoms with Gasteiger partial charge >= 0.3 is 0 Å². The molecule has 0 aliphatic heterocycles. The van der Waals surface area contributed by atoms with Crippen molar-refractivity contribution in [2.75, 3.05) is 5.73 Å². The highest BCUT2D eigenvalue weighted by molar-refractivity contribution is 7.19. The average molecular weight is 194 g/mol. The fourth-order valence-electron chi connectivity index (χ4n) is 0.439. The Morgan fingerprint density at radius 2 is 2.18 bits per heavy atom. The van der Waals surface area contributed by atoms with Gasteiger partial charge < -0.3 is 17.2 Å². The molecule has 0 fully saturated rings. The summed E-state index contributed by atoms with van der Waals surface area (Å²) in [7, 11) is 0. The van der Waals surface area contributed by atoms with E-state index < -0.39 is 0 Å². The number of nitrogen functional groups attached to an aromatic ring is 1. The molecule has 0 saturated heterocycles. The normalized spacial score (nSPS) is 8.36. The van der Waals surface area contributed by atoms with Crippen molar-refractivity contribution >= 4 is 39.8 Å². The van der Waals surface area contributed by atoms with Crippen molar-refractivity contribution in [3.63, 3.8) is 0 Å². The summed E-state index contributed by atoms with van der Waals surface area (Å²) in [5.74, 6) is -0.00523. The van der Waals surface area contributed by atoms with Gasteiger partial charge in [0.1, 0.15) is 5.00 Å². The molecule has 0 spiro atoms. The molecular weight excluding hydrogens is 186 g/mol. The zero-order valence-electron chi connectivity index (χ0n) is 5.52. The van der Waals surface area contributed by atoms with E-state index in [-0.39, 0.29) is 18.4 Å². The second-order valence-electron chi connectivity index (χ2n) is 1.58. The van der Waals surface area contributed by atoms with Crippen LogP contribution in [0, 0.1) is 0 Å². The van der Waals surface area contributed by atoms with E-state index in [2.05, 4.69) is 9.98 Å². The summed E-state index contributed by atoms with van der Waals surface area (Å²) in [6.07, 6.45) is 1.51. The van der Waals surface area contributed by atoms with Crippen molar-refractivity contribution in [1.82, 2.24) is 4.98 Å².